The van der Waals surface area contributed by atoms with Crippen LogP contribution in [0.5, 0.6) is 0 Å². The van der Waals surface area contributed by atoms with Crippen LogP contribution in [0, 0.1) is 11.3 Å². The first-order chi connectivity index (χ1) is 9.64. The normalized spacial score (nSPS) is 27.9. The molecule has 1 rings (SSSR count). The van der Waals surface area contributed by atoms with Crippen LogP contribution < -0.4 is 5.32 Å². The van der Waals surface area contributed by atoms with E-state index in [2.05, 4.69) is 39.9 Å². The molecule has 1 N–H and O–H groups in total. The number of nitrogens with one attached hydrogen (secondary N) is 1. The van der Waals surface area contributed by atoms with Crippen LogP contribution in [-0.2, 0) is 9.47 Å². The maximum absolute atomic E-state index is 6.37. The Bertz CT molecular complexity index is 299. The van der Waals surface area contributed by atoms with Gasteiger partial charge in [0.05, 0.1) is 17.8 Å². The van der Waals surface area contributed by atoms with Crippen molar-refractivity contribution in [2.45, 2.75) is 77.9 Å². The van der Waals surface area contributed by atoms with Crippen LogP contribution in [0.1, 0.15) is 66.7 Å². The Morgan fingerprint density at radius 1 is 1.10 bits per heavy atom. The maximum Gasteiger partial charge on any atom is 0.0806 e. The van der Waals surface area contributed by atoms with Crippen molar-refractivity contribution in [3.8, 4) is 0 Å². The molecule has 0 spiro atoms. The van der Waals surface area contributed by atoms with E-state index >= 15 is 0 Å². The van der Waals surface area contributed by atoms with Crippen LogP contribution in [-0.4, -0.2) is 38.5 Å². The largest absolute Gasteiger partial charge is 0.379 e. The summed E-state index contributed by atoms with van der Waals surface area (Å²) >= 11 is 0. The first-order valence-corrected chi connectivity index (χ1v) is 8.48. The van der Waals surface area contributed by atoms with Crippen molar-refractivity contribution in [1.82, 2.24) is 5.32 Å². The Balaban J connectivity index is 2.53. The third-order valence-electron chi connectivity index (χ3n) is 5.29. The van der Waals surface area contributed by atoms with Crippen molar-refractivity contribution < 1.29 is 9.47 Å². The number of rotatable bonds is 7. The van der Waals surface area contributed by atoms with E-state index in [1.165, 1.54) is 25.7 Å². The summed E-state index contributed by atoms with van der Waals surface area (Å²) in [5, 5.41) is 3.34. The van der Waals surface area contributed by atoms with Crippen molar-refractivity contribution in [3.63, 3.8) is 0 Å². The van der Waals surface area contributed by atoms with Gasteiger partial charge in [-0.25, -0.2) is 0 Å². The fourth-order valence-electron chi connectivity index (χ4n) is 3.32. The molecule has 0 heterocycles. The van der Waals surface area contributed by atoms with Gasteiger partial charge in [-0.2, -0.15) is 0 Å². The molecular formula is C18H37NO2. The summed E-state index contributed by atoms with van der Waals surface area (Å²) in [5.41, 5.74) is 0.355. The quantitative estimate of drug-likeness (QED) is 0.770. The van der Waals surface area contributed by atoms with E-state index < -0.39 is 0 Å². The average Bonchev–Trinajstić information content (AvgIpc) is 2.38. The highest BCUT2D eigenvalue weighted by molar-refractivity contribution is 4.92. The van der Waals surface area contributed by atoms with Crippen molar-refractivity contribution in [2.75, 3.05) is 27.3 Å². The van der Waals surface area contributed by atoms with Crippen LogP contribution in [0.4, 0.5) is 0 Å². The Labute approximate surface area is 132 Å². The fourth-order valence-corrected chi connectivity index (χ4v) is 3.32. The number of ether oxygens (including phenoxy) is 2. The molecule has 0 radical (unpaired) electrons. The Morgan fingerprint density at radius 2 is 1.67 bits per heavy atom. The lowest BCUT2D eigenvalue weighted by Crippen LogP contribution is -2.47. The zero-order valence-corrected chi connectivity index (χ0v) is 15.3. The minimum atomic E-state index is -0.0938. The van der Waals surface area contributed by atoms with Gasteiger partial charge in [-0.05, 0) is 64.3 Å². The first kappa shape index (κ1) is 18.9. The lowest BCUT2D eigenvalue weighted by Gasteiger charge is -2.44. The van der Waals surface area contributed by atoms with E-state index in [9.17, 15) is 0 Å². The summed E-state index contributed by atoms with van der Waals surface area (Å²) in [4.78, 5) is 0. The van der Waals surface area contributed by atoms with Crippen molar-refractivity contribution >= 4 is 0 Å². The third kappa shape index (κ3) is 5.88. The maximum atomic E-state index is 6.37. The molecule has 1 aliphatic rings. The predicted molar refractivity (Wildman–Crippen MR) is 89.7 cm³/mol. The summed E-state index contributed by atoms with van der Waals surface area (Å²) in [5.74, 6) is 0.821. The SMILES string of the molecule is CNCC1(OCCC(C)(C)OC)CCC(C(C)(C)C)CC1. The number of hydrogen-bond acceptors (Lipinski definition) is 3. The van der Waals surface area contributed by atoms with Gasteiger partial charge in [-0.3, -0.25) is 0 Å². The van der Waals surface area contributed by atoms with E-state index in [0.29, 0.717) is 5.41 Å². The van der Waals surface area contributed by atoms with E-state index in [1.54, 1.807) is 7.11 Å². The molecule has 0 unspecified atom stereocenters. The molecule has 21 heavy (non-hydrogen) atoms. The summed E-state index contributed by atoms with van der Waals surface area (Å²) < 4.78 is 11.9. The molecule has 0 atom stereocenters. The molecule has 0 aromatic rings. The second-order valence-electron chi connectivity index (χ2n) is 8.42. The van der Waals surface area contributed by atoms with Gasteiger partial charge in [0, 0.05) is 13.7 Å². The van der Waals surface area contributed by atoms with Crippen LogP contribution in [0.3, 0.4) is 0 Å². The van der Waals surface area contributed by atoms with Gasteiger partial charge in [0.15, 0.2) is 0 Å². The predicted octanol–water partition coefficient (Wildman–Crippen LogP) is 4.01. The highest BCUT2D eigenvalue weighted by atomic mass is 16.5. The molecule has 0 aromatic heterocycles. The van der Waals surface area contributed by atoms with Crippen LogP contribution >= 0.6 is 0 Å². The molecule has 3 heteroatoms. The van der Waals surface area contributed by atoms with Gasteiger partial charge in [-0.1, -0.05) is 20.8 Å². The van der Waals surface area contributed by atoms with Crippen molar-refractivity contribution in [1.29, 1.82) is 0 Å². The number of methoxy groups -OCH3 is 1. The number of likely N-dealkylation sites (N-methyl/N-ethyl adjacent to an activating group) is 1. The van der Waals surface area contributed by atoms with E-state index in [-0.39, 0.29) is 11.2 Å². The highest BCUT2D eigenvalue weighted by Gasteiger charge is 2.39. The standard InChI is InChI=1S/C18H37NO2/c1-16(2,3)15-8-10-18(11-9-15,14-19-6)21-13-12-17(4,5)20-7/h15,19H,8-14H2,1-7H3. The smallest absolute Gasteiger partial charge is 0.0806 e. The molecule has 0 aromatic carbocycles. The molecule has 3 nitrogen and oxygen atoms in total. The summed E-state index contributed by atoms with van der Waals surface area (Å²) in [6, 6.07) is 0. The third-order valence-corrected chi connectivity index (χ3v) is 5.29. The van der Waals surface area contributed by atoms with Gasteiger partial charge in [0.25, 0.3) is 0 Å². The van der Waals surface area contributed by atoms with E-state index in [4.69, 9.17) is 9.47 Å². The topological polar surface area (TPSA) is 30.5 Å². The summed E-state index contributed by atoms with van der Waals surface area (Å²) in [6.07, 6.45) is 5.84. The number of hydrogen-bond donors (Lipinski definition) is 1. The molecule has 1 aliphatic carbocycles. The minimum Gasteiger partial charge on any atom is -0.379 e. The zero-order valence-electron chi connectivity index (χ0n) is 15.3. The van der Waals surface area contributed by atoms with Crippen LogP contribution in [0.15, 0.2) is 0 Å². The molecule has 0 amide bonds. The Kier molecular flexibility index (Phi) is 6.70. The minimum absolute atomic E-state index is 0.0281. The monoisotopic (exact) mass is 299 g/mol. The lowest BCUT2D eigenvalue weighted by molar-refractivity contribution is -0.101. The second kappa shape index (κ2) is 7.43. The van der Waals surface area contributed by atoms with Gasteiger partial charge >= 0.3 is 0 Å². The molecule has 1 saturated carbocycles. The molecule has 126 valence electrons. The molecule has 0 bridgehead atoms. The Hall–Kier alpha value is -0.120. The van der Waals surface area contributed by atoms with Crippen LogP contribution in [0.2, 0.25) is 0 Å². The van der Waals surface area contributed by atoms with E-state index in [1.807, 2.05) is 7.05 Å². The fraction of sp³-hybridized carbons (Fsp3) is 1.00. The summed E-state index contributed by atoms with van der Waals surface area (Å²) in [6.45, 7) is 13.1. The van der Waals surface area contributed by atoms with Gasteiger partial charge in [0.1, 0.15) is 0 Å². The van der Waals surface area contributed by atoms with Gasteiger partial charge in [-0.15, -0.1) is 0 Å². The highest BCUT2D eigenvalue weighted by Crippen LogP contribution is 2.42. The zero-order chi connectivity index (χ0) is 16.1. The van der Waals surface area contributed by atoms with E-state index in [0.717, 1.165) is 25.5 Å². The van der Waals surface area contributed by atoms with Crippen LogP contribution in [0.25, 0.3) is 0 Å². The van der Waals surface area contributed by atoms with Crippen molar-refractivity contribution in [2.24, 2.45) is 11.3 Å². The lowest BCUT2D eigenvalue weighted by atomic mass is 9.68. The molecule has 1 fully saturated rings. The average molecular weight is 299 g/mol. The van der Waals surface area contributed by atoms with Crippen molar-refractivity contribution in [3.05, 3.63) is 0 Å². The van der Waals surface area contributed by atoms with Gasteiger partial charge in [0.2, 0.25) is 0 Å². The summed E-state index contributed by atoms with van der Waals surface area (Å²) in [7, 11) is 3.80. The molecular weight excluding hydrogens is 262 g/mol. The first-order valence-electron chi connectivity index (χ1n) is 8.48. The Morgan fingerprint density at radius 3 is 2.10 bits per heavy atom. The van der Waals surface area contributed by atoms with Gasteiger partial charge < -0.3 is 14.8 Å². The second-order valence-corrected chi connectivity index (χ2v) is 8.42. The molecule has 0 saturated heterocycles. The molecule has 0 aliphatic heterocycles.